The van der Waals surface area contributed by atoms with E-state index in [0.717, 1.165) is 72.6 Å². The Morgan fingerprint density at radius 3 is 2.60 bits per heavy atom. The molecular formula is C31H37N7O2. The number of pyridine rings is 2. The van der Waals surface area contributed by atoms with E-state index < -0.39 is 0 Å². The highest BCUT2D eigenvalue weighted by Gasteiger charge is 2.47. The van der Waals surface area contributed by atoms with Crippen LogP contribution in [0.1, 0.15) is 55.8 Å². The van der Waals surface area contributed by atoms with Crippen LogP contribution < -0.4 is 5.73 Å². The van der Waals surface area contributed by atoms with Gasteiger partial charge < -0.3 is 24.5 Å². The molecule has 4 fully saturated rings. The van der Waals surface area contributed by atoms with E-state index in [4.69, 9.17) is 25.4 Å². The van der Waals surface area contributed by atoms with Gasteiger partial charge in [-0.2, -0.15) is 0 Å². The van der Waals surface area contributed by atoms with Gasteiger partial charge in [0.25, 0.3) is 5.91 Å². The molecule has 4 aromatic heterocycles. The number of ether oxygens (including phenoxy) is 1. The standard InChI is InChI=1S/C31H37N7O2/c1-31(40-2)12-19(13-31)16-38-28-24(10-22(14-34-28)30(39)37-17-21-7-8-23(21)26(37)32)35-29(38)25-11-20-4-3-9-33-27(20)36(25)15-18-5-6-18/h3-4,9-11,14,18-19,21,23,26H,5-8,12-13,15-17,32H2,1-2H3/t19-,21-,23-,26+,31+/m1/s1. The van der Waals surface area contributed by atoms with Gasteiger partial charge in [-0.25, -0.2) is 15.0 Å². The largest absolute Gasteiger partial charge is 0.379 e. The predicted octanol–water partition coefficient (Wildman–Crippen LogP) is 4.44. The van der Waals surface area contributed by atoms with Crippen LogP contribution >= 0.6 is 0 Å². The van der Waals surface area contributed by atoms with Crippen LogP contribution in [-0.2, 0) is 17.8 Å². The summed E-state index contributed by atoms with van der Waals surface area (Å²) in [6.07, 6.45) is 10.2. The molecule has 0 spiro atoms. The topological polar surface area (TPSA) is 104 Å². The monoisotopic (exact) mass is 539 g/mol. The number of hydrogen-bond donors (Lipinski definition) is 1. The number of rotatable bonds is 7. The maximum Gasteiger partial charge on any atom is 0.256 e. The second-order valence-corrected chi connectivity index (χ2v) is 13.0. The summed E-state index contributed by atoms with van der Waals surface area (Å²) in [5, 5.41) is 1.12. The lowest BCUT2D eigenvalue weighted by Crippen LogP contribution is -2.44. The average Bonchev–Trinajstić information content (AvgIpc) is 3.51. The van der Waals surface area contributed by atoms with E-state index in [1.54, 1.807) is 13.3 Å². The molecule has 2 N–H and O–H groups in total. The van der Waals surface area contributed by atoms with Crippen LogP contribution in [-0.4, -0.2) is 60.3 Å². The van der Waals surface area contributed by atoms with E-state index >= 15 is 0 Å². The molecule has 208 valence electrons. The number of likely N-dealkylation sites (tertiary alicyclic amines) is 1. The minimum atomic E-state index is -0.200. The second-order valence-electron chi connectivity index (χ2n) is 13.0. The first-order valence-corrected chi connectivity index (χ1v) is 14.8. The third-order valence-corrected chi connectivity index (χ3v) is 10.2. The van der Waals surface area contributed by atoms with E-state index in [1.165, 1.54) is 19.3 Å². The summed E-state index contributed by atoms with van der Waals surface area (Å²) in [5.74, 6) is 3.01. The third-order valence-electron chi connectivity index (χ3n) is 10.2. The molecule has 4 aliphatic rings. The van der Waals surface area contributed by atoms with Gasteiger partial charge in [0.05, 0.1) is 23.0 Å². The van der Waals surface area contributed by atoms with E-state index in [2.05, 4.69) is 28.2 Å². The van der Waals surface area contributed by atoms with Crippen molar-refractivity contribution in [2.75, 3.05) is 13.7 Å². The summed E-state index contributed by atoms with van der Waals surface area (Å²) in [4.78, 5) is 30.2. The highest BCUT2D eigenvalue weighted by molar-refractivity contribution is 5.97. The summed E-state index contributed by atoms with van der Waals surface area (Å²) in [7, 11) is 1.80. The van der Waals surface area contributed by atoms with Crippen molar-refractivity contribution in [3.05, 3.63) is 42.2 Å². The van der Waals surface area contributed by atoms with Gasteiger partial charge in [0.1, 0.15) is 11.2 Å². The molecule has 0 radical (unpaired) electrons. The van der Waals surface area contributed by atoms with Crippen LogP contribution in [0.3, 0.4) is 0 Å². The quantitative estimate of drug-likeness (QED) is 0.372. The Bertz CT molecular complexity index is 1630. The molecule has 3 atom stereocenters. The van der Waals surface area contributed by atoms with Gasteiger partial charge in [0.2, 0.25) is 0 Å². The van der Waals surface area contributed by atoms with Crippen LogP contribution in [0.5, 0.6) is 0 Å². The Hall–Kier alpha value is -3.30. The van der Waals surface area contributed by atoms with Crippen molar-refractivity contribution in [1.82, 2.24) is 29.0 Å². The lowest BCUT2D eigenvalue weighted by Gasteiger charge is -2.44. The Morgan fingerprint density at radius 1 is 1.07 bits per heavy atom. The molecule has 0 unspecified atom stereocenters. The molecule has 3 aliphatic carbocycles. The summed E-state index contributed by atoms with van der Waals surface area (Å²) in [5.41, 5.74) is 10.6. The normalized spacial score (nSPS) is 29.5. The summed E-state index contributed by atoms with van der Waals surface area (Å²) in [6, 6.07) is 8.25. The van der Waals surface area contributed by atoms with Gasteiger partial charge in [0, 0.05) is 44.5 Å². The van der Waals surface area contributed by atoms with Crippen molar-refractivity contribution >= 4 is 28.1 Å². The van der Waals surface area contributed by atoms with Gasteiger partial charge in [-0.1, -0.05) is 0 Å². The number of imidazole rings is 1. The Morgan fingerprint density at radius 2 is 1.90 bits per heavy atom. The molecule has 1 saturated heterocycles. The number of carbonyl (C=O) groups is 1. The SMILES string of the molecule is CO[C@]1(C)C[C@H](Cn2c(-c3cc4cccnc4n3CC3CC3)nc3cc(C(=O)N4C[C@H]5CC[C@H]5[C@H]4N)cnc32)C1. The fraction of sp³-hybridized carbons (Fsp3) is 0.548. The molecule has 9 nitrogen and oxygen atoms in total. The predicted molar refractivity (Wildman–Crippen MR) is 152 cm³/mol. The smallest absolute Gasteiger partial charge is 0.256 e. The minimum Gasteiger partial charge on any atom is -0.379 e. The molecule has 1 amide bonds. The number of methoxy groups -OCH3 is 1. The van der Waals surface area contributed by atoms with Gasteiger partial charge in [-0.15, -0.1) is 0 Å². The summed E-state index contributed by atoms with van der Waals surface area (Å²) in [6.45, 7) is 4.68. The van der Waals surface area contributed by atoms with Crippen molar-refractivity contribution in [1.29, 1.82) is 0 Å². The first kappa shape index (κ1) is 24.5. The summed E-state index contributed by atoms with van der Waals surface area (Å²) < 4.78 is 10.4. The van der Waals surface area contributed by atoms with Gasteiger partial charge in [0.15, 0.2) is 11.5 Å². The van der Waals surface area contributed by atoms with E-state index in [1.807, 2.05) is 23.2 Å². The van der Waals surface area contributed by atoms with Crippen LogP contribution in [0.25, 0.3) is 33.7 Å². The van der Waals surface area contributed by atoms with E-state index in [0.29, 0.717) is 29.2 Å². The Balaban J connectivity index is 1.22. The highest BCUT2D eigenvalue weighted by Crippen LogP contribution is 2.44. The zero-order valence-corrected chi connectivity index (χ0v) is 23.3. The first-order valence-electron chi connectivity index (χ1n) is 14.8. The average molecular weight is 540 g/mol. The van der Waals surface area contributed by atoms with Crippen LogP contribution in [0.2, 0.25) is 0 Å². The maximum absolute atomic E-state index is 13.6. The first-order chi connectivity index (χ1) is 19.4. The van der Waals surface area contributed by atoms with Crippen molar-refractivity contribution in [3.8, 4) is 11.5 Å². The number of aromatic nitrogens is 5. The highest BCUT2D eigenvalue weighted by atomic mass is 16.5. The molecule has 8 rings (SSSR count). The van der Waals surface area contributed by atoms with Gasteiger partial charge in [-0.3, -0.25) is 4.79 Å². The van der Waals surface area contributed by atoms with Gasteiger partial charge in [-0.05, 0) is 93.4 Å². The molecule has 0 aromatic carbocycles. The Labute approximate surface area is 233 Å². The number of amides is 1. The number of hydrogen-bond acceptors (Lipinski definition) is 6. The molecule has 0 bridgehead atoms. The van der Waals surface area contributed by atoms with E-state index in [9.17, 15) is 4.79 Å². The third kappa shape index (κ3) is 3.81. The van der Waals surface area contributed by atoms with Crippen molar-refractivity contribution in [2.24, 2.45) is 29.4 Å². The fourth-order valence-electron chi connectivity index (χ4n) is 7.49. The Kier molecular flexibility index (Phi) is 5.42. The van der Waals surface area contributed by atoms with Crippen molar-refractivity contribution < 1.29 is 9.53 Å². The lowest BCUT2D eigenvalue weighted by molar-refractivity contribution is -0.0937. The zero-order valence-electron chi connectivity index (χ0n) is 23.3. The molecule has 9 heteroatoms. The number of carbonyl (C=O) groups excluding carboxylic acids is 1. The minimum absolute atomic E-state index is 0.0331. The van der Waals surface area contributed by atoms with Crippen molar-refractivity contribution in [3.63, 3.8) is 0 Å². The van der Waals surface area contributed by atoms with E-state index in [-0.39, 0.29) is 17.7 Å². The molecule has 40 heavy (non-hydrogen) atoms. The van der Waals surface area contributed by atoms with Crippen LogP contribution in [0.4, 0.5) is 0 Å². The zero-order chi connectivity index (χ0) is 27.2. The molecule has 3 saturated carbocycles. The fourth-order valence-corrected chi connectivity index (χ4v) is 7.49. The molecule has 4 aromatic rings. The molecule has 5 heterocycles. The van der Waals surface area contributed by atoms with Gasteiger partial charge >= 0.3 is 0 Å². The maximum atomic E-state index is 13.6. The number of nitrogens with two attached hydrogens (primary N) is 1. The molecular weight excluding hydrogens is 502 g/mol. The van der Waals surface area contributed by atoms with Crippen LogP contribution in [0.15, 0.2) is 36.7 Å². The summed E-state index contributed by atoms with van der Waals surface area (Å²) >= 11 is 0. The van der Waals surface area contributed by atoms with Crippen molar-refractivity contribution in [2.45, 2.75) is 70.3 Å². The van der Waals surface area contributed by atoms with Crippen LogP contribution in [0, 0.1) is 23.7 Å². The lowest BCUT2D eigenvalue weighted by atomic mass is 9.72. The molecule has 1 aliphatic heterocycles. The number of nitrogens with zero attached hydrogens (tertiary/aromatic N) is 6. The number of fused-ring (bicyclic) bond motifs is 3. The second kappa shape index (κ2) is 8.85.